The number of hydrogen-bond acceptors (Lipinski definition) is 5. The van der Waals surface area contributed by atoms with Crippen LogP contribution < -0.4 is 5.32 Å². The quantitative estimate of drug-likeness (QED) is 0.628. The van der Waals surface area contributed by atoms with Crippen LogP contribution in [0.1, 0.15) is 18.4 Å². The number of amides is 1. The summed E-state index contributed by atoms with van der Waals surface area (Å²) < 4.78 is 6.02. The molecule has 5 nitrogen and oxygen atoms in total. The number of aromatic nitrogens is 1. The molecular weight excluding hydrogens is 394 g/mol. The molecule has 6 heteroatoms. The number of rotatable bonds is 5. The number of thiophene rings is 1. The summed E-state index contributed by atoms with van der Waals surface area (Å²) in [4.78, 5) is 19.5. The van der Waals surface area contributed by atoms with Crippen molar-refractivity contribution in [3.8, 4) is 11.1 Å². The van der Waals surface area contributed by atoms with Gasteiger partial charge in [-0.3, -0.25) is 15.2 Å². The molecule has 2 atom stereocenters. The Morgan fingerprint density at radius 3 is 2.73 bits per heavy atom. The van der Waals surface area contributed by atoms with Gasteiger partial charge in [-0.15, -0.1) is 11.3 Å². The summed E-state index contributed by atoms with van der Waals surface area (Å²) in [5, 5.41) is 5.82. The van der Waals surface area contributed by atoms with Crippen molar-refractivity contribution >= 4 is 22.4 Å². The smallest absolute Gasteiger partial charge is 0.412 e. The second-order valence-electron chi connectivity index (χ2n) is 8.07. The number of ether oxygens (including phenoxy) is 1. The Hall–Kier alpha value is -2.70. The van der Waals surface area contributed by atoms with E-state index in [2.05, 4.69) is 38.8 Å². The van der Waals surface area contributed by atoms with E-state index in [-0.39, 0.29) is 18.2 Å². The van der Waals surface area contributed by atoms with Gasteiger partial charge in [0.1, 0.15) is 6.10 Å². The number of piperidine rings is 3. The molecule has 5 heterocycles. The van der Waals surface area contributed by atoms with Crippen LogP contribution in [0.15, 0.2) is 66.3 Å². The number of carbonyl (C=O) groups is 1. The Kier molecular flexibility index (Phi) is 5.51. The predicted octanol–water partition coefficient (Wildman–Crippen LogP) is 5.06. The lowest BCUT2D eigenvalue weighted by atomic mass is 9.78. The molecule has 154 valence electrons. The number of hydrogen-bond donors (Lipinski definition) is 1. The average molecular weight is 420 g/mol. The van der Waals surface area contributed by atoms with Crippen LogP contribution >= 0.6 is 11.3 Å². The molecule has 3 aromatic rings. The number of anilines is 1. The highest BCUT2D eigenvalue weighted by molar-refractivity contribution is 7.14. The molecule has 2 bridgehead atoms. The van der Waals surface area contributed by atoms with E-state index in [1.807, 2.05) is 36.5 Å². The van der Waals surface area contributed by atoms with Gasteiger partial charge in [0, 0.05) is 23.7 Å². The molecule has 2 aromatic heterocycles. The zero-order chi connectivity index (χ0) is 20.3. The third-order valence-electron chi connectivity index (χ3n) is 6.23. The van der Waals surface area contributed by atoms with Crippen molar-refractivity contribution < 1.29 is 9.53 Å². The van der Waals surface area contributed by atoms with Crippen LogP contribution in [0.25, 0.3) is 11.1 Å². The van der Waals surface area contributed by atoms with Crippen molar-refractivity contribution in [2.24, 2.45) is 5.92 Å². The van der Waals surface area contributed by atoms with Gasteiger partial charge >= 0.3 is 6.09 Å². The standard InChI is InChI=1S/C24H25N3O2S/c28-24(26-22-14-20(16-30-22)18-6-2-1-3-7-18)29-23-19-8-11-27(12-9-19)21(23)13-17-5-4-10-25-15-17/h1-7,10,14-16,19,21,23H,8-9,11-13H2,(H,26,28). The van der Waals surface area contributed by atoms with Crippen LogP contribution in [0.3, 0.4) is 0 Å². The van der Waals surface area contributed by atoms with Crippen LogP contribution in [0.4, 0.5) is 9.80 Å². The van der Waals surface area contributed by atoms with Crippen LogP contribution in [-0.2, 0) is 11.2 Å². The highest BCUT2D eigenvalue weighted by Gasteiger charge is 2.44. The second kappa shape index (κ2) is 8.58. The maximum Gasteiger partial charge on any atom is 0.412 e. The van der Waals surface area contributed by atoms with E-state index in [1.54, 1.807) is 6.20 Å². The Morgan fingerprint density at radius 1 is 1.13 bits per heavy atom. The molecule has 3 aliphatic heterocycles. The van der Waals surface area contributed by atoms with Crippen molar-refractivity contribution in [1.29, 1.82) is 0 Å². The van der Waals surface area contributed by atoms with E-state index in [0.717, 1.165) is 48.5 Å². The summed E-state index contributed by atoms with van der Waals surface area (Å²) in [7, 11) is 0. The molecule has 0 saturated carbocycles. The minimum absolute atomic E-state index is 0.0822. The van der Waals surface area contributed by atoms with Gasteiger partial charge in [0.05, 0.1) is 11.0 Å². The fraction of sp³-hybridized carbons (Fsp3) is 0.333. The first kappa shape index (κ1) is 19.3. The minimum Gasteiger partial charge on any atom is -0.444 e. The van der Waals surface area contributed by atoms with Gasteiger partial charge < -0.3 is 4.74 Å². The lowest BCUT2D eigenvalue weighted by Crippen LogP contribution is -2.60. The average Bonchev–Trinajstić information content (AvgIpc) is 3.26. The number of carbonyl (C=O) groups excluding carboxylic acids is 1. The summed E-state index contributed by atoms with van der Waals surface area (Å²) in [6, 6.07) is 16.5. The first-order chi connectivity index (χ1) is 14.8. The Morgan fingerprint density at radius 2 is 1.97 bits per heavy atom. The summed E-state index contributed by atoms with van der Waals surface area (Å²) >= 11 is 1.52. The van der Waals surface area contributed by atoms with Crippen LogP contribution in [-0.4, -0.2) is 41.2 Å². The molecule has 3 aliphatic rings. The molecule has 2 unspecified atom stereocenters. The van der Waals surface area contributed by atoms with Crippen LogP contribution in [0, 0.1) is 5.92 Å². The van der Waals surface area contributed by atoms with Gasteiger partial charge in [0.2, 0.25) is 0 Å². The molecule has 0 spiro atoms. The third-order valence-corrected chi connectivity index (χ3v) is 7.08. The number of fused-ring (bicyclic) bond motifs is 3. The summed E-state index contributed by atoms with van der Waals surface area (Å²) in [6.45, 7) is 2.17. The first-order valence-corrected chi connectivity index (χ1v) is 11.4. The van der Waals surface area contributed by atoms with Gasteiger partial charge in [-0.2, -0.15) is 0 Å². The second-order valence-corrected chi connectivity index (χ2v) is 8.98. The van der Waals surface area contributed by atoms with Gasteiger partial charge in [0.15, 0.2) is 0 Å². The maximum atomic E-state index is 12.7. The molecule has 1 amide bonds. The molecule has 30 heavy (non-hydrogen) atoms. The lowest BCUT2D eigenvalue weighted by molar-refractivity contribution is -0.0741. The van der Waals surface area contributed by atoms with E-state index in [4.69, 9.17) is 4.74 Å². The highest BCUT2D eigenvalue weighted by Crippen LogP contribution is 2.36. The Balaban J connectivity index is 1.26. The van der Waals surface area contributed by atoms with E-state index < -0.39 is 0 Å². The molecule has 0 aliphatic carbocycles. The van der Waals surface area contributed by atoms with Gasteiger partial charge in [-0.25, -0.2) is 4.79 Å². The van der Waals surface area contributed by atoms with Gasteiger partial charge in [-0.05, 0) is 61.2 Å². The van der Waals surface area contributed by atoms with Crippen molar-refractivity contribution in [3.05, 3.63) is 71.9 Å². The van der Waals surface area contributed by atoms with Crippen molar-refractivity contribution in [1.82, 2.24) is 9.88 Å². The zero-order valence-electron chi connectivity index (χ0n) is 16.7. The SMILES string of the molecule is O=C(Nc1cc(-c2ccccc2)cs1)OC1C2CCN(CC2)C1Cc1cccnc1. The lowest BCUT2D eigenvalue weighted by Gasteiger charge is -2.50. The molecular formula is C24H25N3O2S. The molecule has 0 radical (unpaired) electrons. The van der Waals surface area contributed by atoms with Crippen LogP contribution in [0.5, 0.6) is 0 Å². The Bertz CT molecular complexity index is 984. The summed E-state index contributed by atoms with van der Waals surface area (Å²) in [6.07, 6.45) is 6.32. The minimum atomic E-state index is -0.355. The third kappa shape index (κ3) is 4.11. The van der Waals surface area contributed by atoms with Gasteiger partial charge in [-0.1, -0.05) is 36.4 Å². The summed E-state index contributed by atoms with van der Waals surface area (Å²) in [5.74, 6) is 0.436. The van der Waals surface area contributed by atoms with Crippen LogP contribution in [0.2, 0.25) is 0 Å². The number of nitrogens with zero attached hydrogens (tertiary/aromatic N) is 2. The first-order valence-electron chi connectivity index (χ1n) is 10.5. The number of nitrogens with one attached hydrogen (secondary N) is 1. The van der Waals surface area contributed by atoms with E-state index in [1.165, 1.54) is 16.9 Å². The predicted molar refractivity (Wildman–Crippen MR) is 120 cm³/mol. The fourth-order valence-corrected chi connectivity index (χ4v) is 5.51. The molecule has 6 rings (SSSR count). The monoisotopic (exact) mass is 419 g/mol. The van der Waals surface area contributed by atoms with Crippen molar-refractivity contribution in [3.63, 3.8) is 0 Å². The normalized spacial score (nSPS) is 25.1. The van der Waals surface area contributed by atoms with Gasteiger partial charge in [0.25, 0.3) is 0 Å². The molecule has 3 fully saturated rings. The topological polar surface area (TPSA) is 54.5 Å². The van der Waals surface area contributed by atoms with Crippen molar-refractivity contribution in [2.75, 3.05) is 18.4 Å². The van der Waals surface area contributed by atoms with Crippen molar-refractivity contribution in [2.45, 2.75) is 31.4 Å². The van der Waals surface area contributed by atoms with E-state index >= 15 is 0 Å². The molecule has 1 aromatic carbocycles. The largest absolute Gasteiger partial charge is 0.444 e. The van der Waals surface area contributed by atoms with E-state index in [9.17, 15) is 4.79 Å². The highest BCUT2D eigenvalue weighted by atomic mass is 32.1. The number of pyridine rings is 1. The zero-order valence-corrected chi connectivity index (χ0v) is 17.6. The Labute approximate surface area is 180 Å². The molecule has 3 saturated heterocycles. The molecule has 1 N–H and O–H groups in total. The summed E-state index contributed by atoms with van der Waals surface area (Å²) in [5.41, 5.74) is 3.44. The number of benzene rings is 1. The maximum absolute atomic E-state index is 12.7. The van der Waals surface area contributed by atoms with E-state index in [0.29, 0.717) is 5.92 Å². The fourth-order valence-electron chi connectivity index (χ4n) is 4.72.